The maximum Gasteiger partial charge on any atom is 0.262 e. The Hall–Kier alpha value is -2.19. The molecule has 0 spiro atoms. The monoisotopic (exact) mass is 404 g/mol. The lowest BCUT2D eigenvalue weighted by molar-refractivity contribution is -0.120. The Bertz CT molecular complexity index is 936. The topological polar surface area (TPSA) is 84.3 Å². The molecule has 2 heterocycles. The van der Waals surface area contributed by atoms with Gasteiger partial charge in [-0.15, -0.1) is 0 Å². The number of nitrogens with zero attached hydrogens (tertiary/aromatic N) is 3. The highest BCUT2D eigenvalue weighted by Gasteiger charge is 2.34. The molecule has 152 valence electrons. The number of para-hydroxylation sites is 1. The van der Waals surface area contributed by atoms with Gasteiger partial charge in [0.15, 0.2) is 5.03 Å². The zero-order valence-corrected chi connectivity index (χ0v) is 17.4. The normalized spacial score (nSPS) is 18.4. The minimum atomic E-state index is -3.71. The molecule has 28 heavy (non-hydrogen) atoms. The second kappa shape index (κ2) is 8.45. The first-order valence-electron chi connectivity index (χ1n) is 9.75. The molecule has 1 saturated heterocycles. The van der Waals surface area contributed by atoms with Crippen LogP contribution in [0.4, 0.5) is 5.69 Å². The smallest absolute Gasteiger partial charge is 0.262 e. The first-order valence-corrected chi connectivity index (χ1v) is 11.2. The highest BCUT2D eigenvalue weighted by atomic mass is 32.2. The number of amides is 1. The third-order valence-corrected chi connectivity index (χ3v) is 6.94. The minimum absolute atomic E-state index is 0.0404. The summed E-state index contributed by atoms with van der Waals surface area (Å²) in [5.41, 5.74) is 1.86. The highest BCUT2D eigenvalue weighted by molar-refractivity contribution is 7.89. The number of anilines is 1. The van der Waals surface area contributed by atoms with Crippen molar-refractivity contribution in [2.45, 2.75) is 51.1 Å². The van der Waals surface area contributed by atoms with Crippen molar-refractivity contribution < 1.29 is 13.2 Å². The van der Waals surface area contributed by atoms with Crippen LogP contribution in [0.15, 0.2) is 41.8 Å². The Kier molecular flexibility index (Phi) is 6.20. The number of hydrogen-bond acceptors (Lipinski definition) is 4. The number of benzene rings is 1. The molecule has 1 N–H and O–H groups in total. The molecule has 1 aromatic heterocycles. The molecule has 0 unspecified atom stereocenters. The largest absolute Gasteiger partial charge is 0.334 e. The number of imidazole rings is 1. The number of sulfonamides is 1. The van der Waals surface area contributed by atoms with Gasteiger partial charge in [-0.25, -0.2) is 13.4 Å². The Morgan fingerprint density at radius 2 is 2.07 bits per heavy atom. The Morgan fingerprint density at radius 1 is 1.32 bits per heavy atom. The van der Waals surface area contributed by atoms with Crippen molar-refractivity contribution in [2.75, 3.05) is 18.4 Å². The molecule has 1 amide bonds. The summed E-state index contributed by atoms with van der Waals surface area (Å²) in [7, 11) is -3.71. The van der Waals surface area contributed by atoms with Gasteiger partial charge in [0.05, 0.1) is 12.2 Å². The maximum atomic E-state index is 13.0. The summed E-state index contributed by atoms with van der Waals surface area (Å²) < 4.78 is 29.1. The molecule has 1 aliphatic rings. The molecule has 0 saturated carbocycles. The van der Waals surface area contributed by atoms with Crippen molar-refractivity contribution in [3.63, 3.8) is 0 Å². The van der Waals surface area contributed by atoms with Gasteiger partial charge in [0, 0.05) is 31.0 Å². The Balaban J connectivity index is 1.73. The van der Waals surface area contributed by atoms with E-state index in [-0.39, 0.29) is 29.4 Å². The zero-order chi connectivity index (χ0) is 20.3. The van der Waals surface area contributed by atoms with Crippen LogP contribution in [0.2, 0.25) is 0 Å². The van der Waals surface area contributed by atoms with Gasteiger partial charge in [0.2, 0.25) is 5.91 Å². The molecule has 1 aliphatic heterocycles. The summed E-state index contributed by atoms with van der Waals surface area (Å²) in [5.74, 6) is -0.505. The molecule has 0 radical (unpaired) electrons. The summed E-state index contributed by atoms with van der Waals surface area (Å²) in [6, 6.07) is 7.83. The van der Waals surface area contributed by atoms with Crippen LogP contribution >= 0.6 is 0 Å². The third kappa shape index (κ3) is 4.28. The van der Waals surface area contributed by atoms with Crippen LogP contribution in [-0.2, 0) is 21.2 Å². The summed E-state index contributed by atoms with van der Waals surface area (Å²) in [6.45, 7) is 6.56. The quantitative estimate of drug-likeness (QED) is 0.802. The van der Waals surface area contributed by atoms with Gasteiger partial charge in [-0.3, -0.25) is 4.79 Å². The fraction of sp³-hybridized carbons (Fsp3) is 0.500. The first-order chi connectivity index (χ1) is 13.3. The van der Waals surface area contributed by atoms with Crippen molar-refractivity contribution in [3.8, 4) is 0 Å². The van der Waals surface area contributed by atoms with Crippen LogP contribution in [0.1, 0.15) is 45.2 Å². The highest BCUT2D eigenvalue weighted by Crippen LogP contribution is 2.25. The van der Waals surface area contributed by atoms with Crippen LogP contribution in [0.25, 0.3) is 0 Å². The van der Waals surface area contributed by atoms with Gasteiger partial charge in [-0.1, -0.05) is 25.1 Å². The second-order valence-corrected chi connectivity index (χ2v) is 9.34. The van der Waals surface area contributed by atoms with E-state index >= 15 is 0 Å². The molecular formula is C20H28N4O3S. The van der Waals surface area contributed by atoms with Gasteiger partial charge in [0.1, 0.15) is 0 Å². The van der Waals surface area contributed by atoms with Gasteiger partial charge in [-0.2, -0.15) is 4.31 Å². The average molecular weight is 405 g/mol. The average Bonchev–Trinajstić information content (AvgIpc) is 3.20. The molecular weight excluding hydrogens is 376 g/mol. The molecule has 1 aromatic carbocycles. The number of nitrogens with one attached hydrogen (secondary N) is 1. The van der Waals surface area contributed by atoms with Gasteiger partial charge < -0.3 is 9.88 Å². The summed E-state index contributed by atoms with van der Waals surface area (Å²) >= 11 is 0. The number of carbonyl (C=O) groups is 1. The summed E-state index contributed by atoms with van der Waals surface area (Å²) in [5, 5.41) is 3.02. The second-order valence-electron chi connectivity index (χ2n) is 7.46. The first kappa shape index (κ1) is 20.5. The van der Waals surface area contributed by atoms with Gasteiger partial charge >= 0.3 is 0 Å². The van der Waals surface area contributed by atoms with Crippen LogP contribution in [0, 0.1) is 5.92 Å². The molecule has 0 aliphatic carbocycles. The van der Waals surface area contributed by atoms with Crippen molar-refractivity contribution in [3.05, 3.63) is 42.4 Å². The summed E-state index contributed by atoms with van der Waals surface area (Å²) in [6.07, 6.45) is 5.24. The number of rotatable bonds is 6. The SMILES string of the molecule is CCc1ccccc1NC(=O)[C@@H]1CCCN(S(=O)(=O)c2cn(C(C)C)cn2)C1. The Labute approximate surface area is 166 Å². The van der Waals surface area contributed by atoms with E-state index < -0.39 is 10.0 Å². The molecule has 1 atom stereocenters. The third-order valence-electron chi connectivity index (χ3n) is 5.19. The number of aryl methyl sites for hydroxylation is 1. The maximum absolute atomic E-state index is 13.0. The number of aromatic nitrogens is 2. The van der Waals surface area contributed by atoms with Crippen LogP contribution < -0.4 is 5.32 Å². The molecule has 1 fully saturated rings. The van der Waals surface area contributed by atoms with E-state index in [0.717, 1.165) is 17.7 Å². The van der Waals surface area contributed by atoms with E-state index in [9.17, 15) is 13.2 Å². The van der Waals surface area contributed by atoms with Crippen LogP contribution in [0.3, 0.4) is 0 Å². The van der Waals surface area contributed by atoms with E-state index in [1.165, 1.54) is 10.6 Å². The Morgan fingerprint density at radius 3 is 2.75 bits per heavy atom. The molecule has 3 rings (SSSR count). The molecule has 7 nitrogen and oxygen atoms in total. The van der Waals surface area contributed by atoms with E-state index in [4.69, 9.17) is 0 Å². The van der Waals surface area contributed by atoms with E-state index in [0.29, 0.717) is 19.4 Å². The zero-order valence-electron chi connectivity index (χ0n) is 16.6. The van der Waals surface area contributed by atoms with Crippen molar-refractivity contribution in [1.29, 1.82) is 0 Å². The standard InChI is InChI=1S/C20H28N4O3S/c1-4-16-8-5-6-10-18(16)22-20(25)17-9-7-11-24(12-17)28(26,27)19-13-23(14-21-19)15(2)3/h5-6,8,10,13-15,17H,4,7,9,11-12H2,1-3H3,(H,22,25)/t17-/m1/s1. The lowest BCUT2D eigenvalue weighted by Crippen LogP contribution is -2.43. The molecule has 2 aromatic rings. The van der Waals surface area contributed by atoms with Crippen molar-refractivity contribution in [1.82, 2.24) is 13.9 Å². The fourth-order valence-electron chi connectivity index (χ4n) is 3.43. The fourth-order valence-corrected chi connectivity index (χ4v) is 4.87. The van der Waals surface area contributed by atoms with E-state index in [1.54, 1.807) is 10.8 Å². The van der Waals surface area contributed by atoms with E-state index in [1.807, 2.05) is 45.0 Å². The summed E-state index contributed by atoms with van der Waals surface area (Å²) in [4.78, 5) is 16.9. The van der Waals surface area contributed by atoms with Gasteiger partial charge in [-0.05, 0) is 44.7 Å². The molecule has 0 bridgehead atoms. The predicted molar refractivity (Wildman–Crippen MR) is 109 cm³/mol. The van der Waals surface area contributed by atoms with E-state index in [2.05, 4.69) is 10.3 Å². The van der Waals surface area contributed by atoms with Crippen molar-refractivity contribution in [2.24, 2.45) is 5.92 Å². The van der Waals surface area contributed by atoms with Crippen LogP contribution in [0.5, 0.6) is 0 Å². The van der Waals surface area contributed by atoms with Crippen molar-refractivity contribution >= 4 is 21.6 Å². The number of carbonyl (C=O) groups excluding carboxylic acids is 1. The minimum Gasteiger partial charge on any atom is -0.334 e. The van der Waals surface area contributed by atoms with Gasteiger partial charge in [0.25, 0.3) is 10.0 Å². The lowest BCUT2D eigenvalue weighted by Gasteiger charge is -2.30. The number of hydrogen-bond donors (Lipinski definition) is 1. The number of piperidine rings is 1. The predicted octanol–water partition coefficient (Wildman–Crippen LogP) is 3.07. The van der Waals surface area contributed by atoms with Crippen LogP contribution in [-0.4, -0.2) is 41.3 Å². The lowest BCUT2D eigenvalue weighted by atomic mass is 9.98. The molecule has 8 heteroatoms.